The van der Waals surface area contributed by atoms with Crippen LogP contribution in [0, 0.1) is 5.92 Å². The van der Waals surface area contributed by atoms with Gasteiger partial charge in [0, 0.05) is 13.1 Å². The molecule has 0 unspecified atom stereocenters. The minimum atomic E-state index is 0.360. The fourth-order valence-electron chi connectivity index (χ4n) is 1.30. The normalized spacial score (nSPS) is 14.8. The number of nitrogens with one attached hydrogen (secondary N) is 1. The molecule has 0 radical (unpaired) electrons. The van der Waals surface area contributed by atoms with E-state index in [2.05, 4.69) is 19.2 Å². The lowest BCUT2D eigenvalue weighted by molar-refractivity contribution is 0.705. The molecule has 0 fully saturated rings. The van der Waals surface area contributed by atoms with Crippen LogP contribution in [0.15, 0.2) is 20.7 Å². The lowest BCUT2D eigenvalue weighted by Gasteiger charge is -2.19. The van der Waals surface area contributed by atoms with Gasteiger partial charge in [-0.2, -0.15) is 0 Å². The zero-order valence-electron chi connectivity index (χ0n) is 9.60. The molecule has 0 spiro atoms. The Morgan fingerprint density at radius 1 is 1.33 bits per heavy atom. The third-order valence-corrected chi connectivity index (χ3v) is 2.70. The number of halogens is 1. The largest absolute Gasteiger partial charge is 0.395 e. The third kappa shape index (κ3) is 4.29. The summed E-state index contributed by atoms with van der Waals surface area (Å²) in [6, 6.07) is 0. The van der Waals surface area contributed by atoms with Gasteiger partial charge in [-0.15, -0.1) is 0 Å². The molecule has 0 saturated heterocycles. The van der Waals surface area contributed by atoms with E-state index in [-0.39, 0.29) is 0 Å². The minimum absolute atomic E-state index is 0.360. The Hall–Kier alpha value is -0.430. The molecule has 0 aromatic rings. The first-order valence-electron chi connectivity index (χ1n) is 5.03. The molecule has 5 heteroatoms. The minimum Gasteiger partial charge on any atom is -0.395 e. The molecule has 0 aromatic carbocycles. The molecule has 0 atom stereocenters. The molecular formula is C10H21IN4. The van der Waals surface area contributed by atoms with Crippen LogP contribution < -0.4 is 22.5 Å². The zero-order valence-corrected chi connectivity index (χ0v) is 11.8. The van der Waals surface area contributed by atoms with Crippen molar-refractivity contribution in [2.24, 2.45) is 23.1 Å². The second kappa shape index (κ2) is 6.95. The molecule has 0 aromatic heterocycles. The van der Waals surface area contributed by atoms with Gasteiger partial charge in [0.1, 0.15) is 0 Å². The average molecular weight is 324 g/mol. The predicted octanol–water partition coefficient (Wildman–Crippen LogP) is 0.986. The first kappa shape index (κ1) is 14.6. The predicted molar refractivity (Wildman–Crippen MR) is 74.0 cm³/mol. The molecule has 0 aliphatic rings. The molecule has 0 amide bonds. The van der Waals surface area contributed by atoms with E-state index in [1.54, 1.807) is 0 Å². The summed E-state index contributed by atoms with van der Waals surface area (Å²) >= 11 is 2.01. The van der Waals surface area contributed by atoms with Crippen molar-refractivity contribution in [2.75, 3.05) is 13.1 Å². The summed E-state index contributed by atoms with van der Waals surface area (Å²) < 4.78 is 0.593. The highest BCUT2D eigenvalue weighted by atomic mass is 127. The quantitative estimate of drug-likeness (QED) is 0.345. The van der Waals surface area contributed by atoms with Crippen molar-refractivity contribution >= 4 is 22.6 Å². The standard InChI is InChI=1S/C10H21IN4/c1-4-15-9(8(13)10(11)14)7(5-12)6(2)3/h6,15H,4-5,12-14H2,1-3H3/b9-7+,10-8-. The topological polar surface area (TPSA) is 90.1 Å². The van der Waals surface area contributed by atoms with Gasteiger partial charge in [0.25, 0.3) is 0 Å². The number of hydrogen-bond acceptors (Lipinski definition) is 4. The second-order valence-corrected chi connectivity index (χ2v) is 4.71. The van der Waals surface area contributed by atoms with Crippen molar-refractivity contribution in [3.05, 3.63) is 20.7 Å². The summed E-state index contributed by atoms with van der Waals surface area (Å²) in [6.45, 7) is 7.50. The van der Waals surface area contributed by atoms with Crippen LogP contribution in [0.1, 0.15) is 20.8 Å². The van der Waals surface area contributed by atoms with Crippen molar-refractivity contribution < 1.29 is 0 Å². The van der Waals surface area contributed by atoms with E-state index in [1.165, 1.54) is 0 Å². The molecule has 0 saturated carbocycles. The monoisotopic (exact) mass is 324 g/mol. The van der Waals surface area contributed by atoms with Crippen LogP contribution in [0.25, 0.3) is 0 Å². The smallest absolute Gasteiger partial charge is 0.0960 e. The van der Waals surface area contributed by atoms with Crippen LogP contribution in [0.5, 0.6) is 0 Å². The Bertz CT molecular complexity index is 265. The van der Waals surface area contributed by atoms with Crippen molar-refractivity contribution in [3.63, 3.8) is 0 Å². The summed E-state index contributed by atoms with van der Waals surface area (Å²) in [5.41, 5.74) is 19.9. The summed E-state index contributed by atoms with van der Waals surface area (Å²) in [6.07, 6.45) is 0. The highest BCUT2D eigenvalue weighted by molar-refractivity contribution is 14.1. The first-order chi connectivity index (χ1) is 6.95. The highest BCUT2D eigenvalue weighted by Crippen LogP contribution is 2.18. The van der Waals surface area contributed by atoms with Crippen molar-refractivity contribution in [1.29, 1.82) is 0 Å². The Kier molecular flexibility index (Phi) is 6.75. The van der Waals surface area contributed by atoms with E-state index in [4.69, 9.17) is 17.2 Å². The maximum atomic E-state index is 5.93. The van der Waals surface area contributed by atoms with Crippen LogP contribution >= 0.6 is 22.6 Å². The number of nitrogens with two attached hydrogens (primary N) is 3. The summed E-state index contributed by atoms with van der Waals surface area (Å²) in [7, 11) is 0. The van der Waals surface area contributed by atoms with Crippen molar-refractivity contribution in [2.45, 2.75) is 20.8 Å². The zero-order chi connectivity index (χ0) is 12.0. The Morgan fingerprint density at radius 2 is 1.87 bits per heavy atom. The van der Waals surface area contributed by atoms with E-state index in [0.717, 1.165) is 17.8 Å². The average Bonchev–Trinajstić information content (AvgIpc) is 2.15. The van der Waals surface area contributed by atoms with E-state index >= 15 is 0 Å². The molecule has 0 aliphatic heterocycles. The molecule has 15 heavy (non-hydrogen) atoms. The van der Waals surface area contributed by atoms with Gasteiger partial charge < -0.3 is 22.5 Å². The number of likely N-dealkylation sites (N-methyl/N-ethyl adjacent to an activating group) is 1. The highest BCUT2D eigenvalue weighted by Gasteiger charge is 2.12. The van der Waals surface area contributed by atoms with Crippen LogP contribution in [0.4, 0.5) is 0 Å². The van der Waals surface area contributed by atoms with E-state index < -0.39 is 0 Å². The molecule has 0 aliphatic carbocycles. The van der Waals surface area contributed by atoms with Crippen LogP contribution in [0.2, 0.25) is 0 Å². The Labute approximate surface area is 105 Å². The van der Waals surface area contributed by atoms with Gasteiger partial charge in [0.2, 0.25) is 0 Å². The van der Waals surface area contributed by atoms with Gasteiger partial charge in [-0.25, -0.2) is 0 Å². The molecule has 0 bridgehead atoms. The van der Waals surface area contributed by atoms with Crippen LogP contribution in [0.3, 0.4) is 0 Å². The maximum absolute atomic E-state index is 5.93. The Morgan fingerprint density at radius 3 is 2.13 bits per heavy atom. The molecule has 0 heterocycles. The van der Waals surface area contributed by atoms with Crippen molar-refractivity contribution in [1.82, 2.24) is 5.32 Å². The molecule has 4 nitrogen and oxygen atoms in total. The number of rotatable bonds is 5. The van der Waals surface area contributed by atoms with Crippen molar-refractivity contribution in [3.8, 4) is 0 Å². The molecular weight excluding hydrogens is 303 g/mol. The van der Waals surface area contributed by atoms with Gasteiger partial charge in [-0.05, 0) is 41.0 Å². The van der Waals surface area contributed by atoms with Crippen LogP contribution in [-0.2, 0) is 0 Å². The third-order valence-electron chi connectivity index (χ3n) is 2.12. The summed E-state index contributed by atoms with van der Waals surface area (Å²) in [4.78, 5) is 0. The van der Waals surface area contributed by atoms with E-state index in [0.29, 0.717) is 21.9 Å². The SMILES string of the molecule is CCNC(=C(\CN)C(C)C)/C(N)=C(/N)I. The molecule has 0 rings (SSSR count). The van der Waals surface area contributed by atoms with Gasteiger partial charge in [-0.1, -0.05) is 13.8 Å². The maximum Gasteiger partial charge on any atom is 0.0960 e. The lowest BCUT2D eigenvalue weighted by atomic mass is 9.99. The van der Waals surface area contributed by atoms with E-state index in [9.17, 15) is 0 Å². The van der Waals surface area contributed by atoms with Gasteiger partial charge in [-0.3, -0.25) is 0 Å². The summed E-state index contributed by atoms with van der Waals surface area (Å²) in [5.74, 6) is 0.360. The first-order valence-corrected chi connectivity index (χ1v) is 6.11. The van der Waals surface area contributed by atoms with Gasteiger partial charge >= 0.3 is 0 Å². The van der Waals surface area contributed by atoms with E-state index in [1.807, 2.05) is 29.5 Å². The number of hydrogen-bond donors (Lipinski definition) is 4. The molecule has 7 N–H and O–H groups in total. The fourth-order valence-corrected chi connectivity index (χ4v) is 1.57. The van der Waals surface area contributed by atoms with Gasteiger partial charge in [0.05, 0.1) is 15.1 Å². The van der Waals surface area contributed by atoms with Crippen LogP contribution in [-0.4, -0.2) is 13.1 Å². The van der Waals surface area contributed by atoms with Gasteiger partial charge in [0.15, 0.2) is 0 Å². The fraction of sp³-hybridized carbons (Fsp3) is 0.600. The molecule has 88 valence electrons. The summed E-state index contributed by atoms with van der Waals surface area (Å²) in [5, 5.41) is 3.23. The Balaban J connectivity index is 5.34. The lowest BCUT2D eigenvalue weighted by Crippen LogP contribution is -2.26. The second-order valence-electron chi connectivity index (χ2n) is 3.55.